The van der Waals surface area contributed by atoms with Crippen molar-refractivity contribution in [1.82, 2.24) is 15.4 Å². The summed E-state index contributed by atoms with van der Waals surface area (Å²) in [4.78, 5) is 0. The first-order valence-corrected chi connectivity index (χ1v) is 6.32. The Kier molecular flexibility index (Phi) is 3.61. The van der Waals surface area contributed by atoms with Crippen LogP contribution in [0.1, 0.15) is 43.7 Å². The Morgan fingerprint density at radius 3 is 2.88 bits per heavy atom. The minimum absolute atomic E-state index is 0.878. The molecular weight excluding hydrogens is 212 g/mol. The van der Waals surface area contributed by atoms with Gasteiger partial charge in [-0.15, -0.1) is 5.10 Å². The van der Waals surface area contributed by atoms with Crippen molar-refractivity contribution in [3.05, 3.63) is 17.2 Å². The number of aromatic nitrogens is 3. The highest BCUT2D eigenvalue weighted by Crippen LogP contribution is 2.26. The van der Waals surface area contributed by atoms with Crippen LogP contribution in [0, 0.1) is 6.92 Å². The number of unbranched alkanes of at least 4 members (excludes halogenated alkanes) is 3. The van der Waals surface area contributed by atoms with Crippen LogP contribution in [0.25, 0.3) is 11.0 Å². The second kappa shape index (κ2) is 5.17. The number of nitrogens with zero attached hydrogens (tertiary/aromatic N) is 2. The number of nitrogen functional groups attached to an aromatic ring is 1. The Hall–Kier alpha value is -1.58. The minimum Gasteiger partial charge on any atom is -0.398 e. The van der Waals surface area contributed by atoms with Gasteiger partial charge in [-0.1, -0.05) is 31.4 Å². The summed E-state index contributed by atoms with van der Waals surface area (Å²) < 4.78 is 0. The zero-order valence-corrected chi connectivity index (χ0v) is 10.6. The number of aromatic amines is 1. The van der Waals surface area contributed by atoms with Crippen LogP contribution < -0.4 is 5.73 Å². The van der Waals surface area contributed by atoms with E-state index in [-0.39, 0.29) is 0 Å². The molecule has 0 fully saturated rings. The summed E-state index contributed by atoms with van der Waals surface area (Å²) in [6.07, 6.45) is 6.07. The molecule has 2 aromatic rings. The summed E-state index contributed by atoms with van der Waals surface area (Å²) in [5.41, 5.74) is 11.2. The van der Waals surface area contributed by atoms with E-state index >= 15 is 0 Å². The Morgan fingerprint density at radius 1 is 1.29 bits per heavy atom. The van der Waals surface area contributed by atoms with E-state index in [0.29, 0.717) is 0 Å². The molecule has 2 rings (SSSR count). The molecule has 3 N–H and O–H groups in total. The standard InChI is InChI=1S/C13H20N4/c1-3-4-5-6-7-10-8-11-13(16-17-15-11)9(2)12(10)14/h8H,3-7,14H2,1-2H3,(H,15,16,17). The van der Waals surface area contributed by atoms with Gasteiger partial charge in [-0.25, -0.2) is 0 Å². The maximum absolute atomic E-state index is 6.14. The van der Waals surface area contributed by atoms with Crippen LogP contribution in [-0.2, 0) is 6.42 Å². The fourth-order valence-electron chi connectivity index (χ4n) is 2.18. The minimum atomic E-state index is 0.878. The van der Waals surface area contributed by atoms with E-state index in [1.807, 2.05) is 6.92 Å². The molecule has 0 spiro atoms. The number of H-pyrrole nitrogens is 1. The number of benzene rings is 1. The van der Waals surface area contributed by atoms with Crippen molar-refractivity contribution in [1.29, 1.82) is 0 Å². The van der Waals surface area contributed by atoms with E-state index in [2.05, 4.69) is 28.4 Å². The van der Waals surface area contributed by atoms with Crippen LogP contribution in [0.4, 0.5) is 5.69 Å². The van der Waals surface area contributed by atoms with E-state index < -0.39 is 0 Å². The van der Waals surface area contributed by atoms with Gasteiger partial charge in [0.25, 0.3) is 0 Å². The van der Waals surface area contributed by atoms with Gasteiger partial charge in [0.15, 0.2) is 0 Å². The first-order valence-electron chi connectivity index (χ1n) is 6.32. The van der Waals surface area contributed by atoms with Crippen molar-refractivity contribution in [2.45, 2.75) is 46.0 Å². The highest BCUT2D eigenvalue weighted by atomic mass is 15.3. The molecule has 0 saturated heterocycles. The quantitative estimate of drug-likeness (QED) is 0.615. The number of hydrogen-bond acceptors (Lipinski definition) is 3. The SMILES string of the molecule is CCCCCCc1cc2[nH]nnc2c(C)c1N. The average Bonchev–Trinajstić information content (AvgIpc) is 2.79. The van der Waals surface area contributed by atoms with Crippen LogP contribution in [-0.4, -0.2) is 15.4 Å². The number of rotatable bonds is 5. The predicted molar refractivity (Wildman–Crippen MR) is 70.9 cm³/mol. The van der Waals surface area contributed by atoms with Gasteiger partial charge in [-0.05, 0) is 31.4 Å². The Bertz CT molecular complexity index is 501. The summed E-state index contributed by atoms with van der Waals surface area (Å²) in [6, 6.07) is 2.09. The lowest BCUT2D eigenvalue weighted by atomic mass is 10.0. The van der Waals surface area contributed by atoms with Crippen LogP contribution in [0.5, 0.6) is 0 Å². The fourth-order valence-corrected chi connectivity index (χ4v) is 2.18. The van der Waals surface area contributed by atoms with Gasteiger partial charge >= 0.3 is 0 Å². The molecule has 0 amide bonds. The van der Waals surface area contributed by atoms with Gasteiger partial charge < -0.3 is 5.73 Å². The third kappa shape index (κ3) is 2.40. The molecule has 0 atom stereocenters. The second-order valence-corrected chi connectivity index (χ2v) is 4.59. The largest absolute Gasteiger partial charge is 0.398 e. The van der Waals surface area contributed by atoms with Crippen molar-refractivity contribution in [3.8, 4) is 0 Å². The third-order valence-corrected chi connectivity index (χ3v) is 3.30. The zero-order chi connectivity index (χ0) is 12.3. The van der Waals surface area contributed by atoms with Gasteiger partial charge in [0.1, 0.15) is 5.52 Å². The summed E-state index contributed by atoms with van der Waals surface area (Å²) in [7, 11) is 0. The Morgan fingerprint density at radius 2 is 2.12 bits per heavy atom. The molecule has 0 aliphatic carbocycles. The molecule has 4 heteroatoms. The maximum atomic E-state index is 6.14. The van der Waals surface area contributed by atoms with Gasteiger partial charge in [-0.2, -0.15) is 0 Å². The third-order valence-electron chi connectivity index (χ3n) is 3.30. The number of hydrogen-bond donors (Lipinski definition) is 2. The van der Waals surface area contributed by atoms with Crippen molar-refractivity contribution < 1.29 is 0 Å². The number of nitrogens with two attached hydrogens (primary N) is 1. The van der Waals surface area contributed by atoms with E-state index in [4.69, 9.17) is 5.73 Å². The van der Waals surface area contributed by atoms with Crippen molar-refractivity contribution in [3.63, 3.8) is 0 Å². The van der Waals surface area contributed by atoms with Crippen LogP contribution in [0.3, 0.4) is 0 Å². The fraction of sp³-hybridized carbons (Fsp3) is 0.538. The monoisotopic (exact) mass is 232 g/mol. The lowest BCUT2D eigenvalue weighted by Gasteiger charge is -2.08. The average molecular weight is 232 g/mol. The topological polar surface area (TPSA) is 67.6 Å². The molecule has 0 aliphatic heterocycles. The molecule has 1 aromatic carbocycles. The molecule has 4 nitrogen and oxygen atoms in total. The normalized spacial score (nSPS) is 11.2. The number of anilines is 1. The molecule has 1 aromatic heterocycles. The van der Waals surface area contributed by atoms with E-state index in [9.17, 15) is 0 Å². The number of fused-ring (bicyclic) bond motifs is 1. The van der Waals surface area contributed by atoms with Gasteiger partial charge in [0.2, 0.25) is 0 Å². The van der Waals surface area contributed by atoms with E-state index in [1.54, 1.807) is 0 Å². The maximum Gasteiger partial charge on any atom is 0.117 e. The summed E-state index contributed by atoms with van der Waals surface area (Å²) in [5.74, 6) is 0. The van der Waals surface area contributed by atoms with Crippen molar-refractivity contribution in [2.75, 3.05) is 5.73 Å². The highest BCUT2D eigenvalue weighted by Gasteiger charge is 2.09. The predicted octanol–water partition coefficient (Wildman–Crippen LogP) is 2.97. The number of nitrogens with one attached hydrogen (secondary N) is 1. The van der Waals surface area contributed by atoms with Crippen molar-refractivity contribution >= 4 is 16.7 Å². The van der Waals surface area contributed by atoms with E-state index in [1.165, 1.54) is 31.2 Å². The van der Waals surface area contributed by atoms with Gasteiger partial charge in [0, 0.05) is 11.3 Å². The Balaban J connectivity index is 2.19. The molecule has 17 heavy (non-hydrogen) atoms. The molecule has 0 radical (unpaired) electrons. The Labute approximate surface area is 102 Å². The van der Waals surface area contributed by atoms with Crippen LogP contribution in [0.15, 0.2) is 6.07 Å². The summed E-state index contributed by atoms with van der Waals surface area (Å²) in [6.45, 7) is 4.23. The summed E-state index contributed by atoms with van der Waals surface area (Å²) in [5, 5.41) is 10.8. The van der Waals surface area contributed by atoms with Crippen LogP contribution in [0.2, 0.25) is 0 Å². The molecular formula is C13H20N4. The molecule has 0 saturated carbocycles. The first-order chi connectivity index (χ1) is 8.24. The lowest BCUT2D eigenvalue weighted by molar-refractivity contribution is 0.667. The lowest BCUT2D eigenvalue weighted by Crippen LogP contribution is -1.98. The van der Waals surface area contributed by atoms with E-state index in [0.717, 1.165) is 28.7 Å². The smallest absolute Gasteiger partial charge is 0.117 e. The molecule has 1 heterocycles. The molecule has 92 valence electrons. The summed E-state index contributed by atoms with van der Waals surface area (Å²) >= 11 is 0. The molecule has 0 bridgehead atoms. The highest BCUT2D eigenvalue weighted by molar-refractivity contribution is 5.84. The second-order valence-electron chi connectivity index (χ2n) is 4.59. The van der Waals surface area contributed by atoms with Gasteiger partial charge in [0.05, 0.1) is 5.52 Å². The number of aryl methyl sites for hydroxylation is 2. The zero-order valence-electron chi connectivity index (χ0n) is 10.6. The molecule has 0 aliphatic rings. The molecule has 0 unspecified atom stereocenters. The first kappa shape index (κ1) is 11.9. The van der Waals surface area contributed by atoms with Gasteiger partial charge in [-0.3, -0.25) is 5.10 Å². The van der Waals surface area contributed by atoms with Crippen molar-refractivity contribution in [2.24, 2.45) is 0 Å². The van der Waals surface area contributed by atoms with Crippen LogP contribution >= 0.6 is 0 Å².